The van der Waals surface area contributed by atoms with Crippen LogP contribution in [-0.2, 0) is 0 Å². The SMILES string of the molecule is Cc1cc(F)ccc1C1CNC1. The topological polar surface area (TPSA) is 12.0 Å². The van der Waals surface area contributed by atoms with Crippen LogP contribution < -0.4 is 5.32 Å². The summed E-state index contributed by atoms with van der Waals surface area (Å²) in [5.74, 6) is 0.467. The summed E-state index contributed by atoms with van der Waals surface area (Å²) in [6.07, 6.45) is 0. The third-order valence-electron chi connectivity index (χ3n) is 2.45. The highest BCUT2D eigenvalue weighted by molar-refractivity contribution is 5.31. The summed E-state index contributed by atoms with van der Waals surface area (Å²) in [6, 6.07) is 5.05. The Morgan fingerprint density at radius 3 is 2.67 bits per heavy atom. The van der Waals surface area contributed by atoms with E-state index in [0.29, 0.717) is 5.92 Å². The second-order valence-electron chi connectivity index (χ2n) is 3.36. The lowest BCUT2D eigenvalue weighted by molar-refractivity contribution is 0.446. The van der Waals surface area contributed by atoms with E-state index in [1.54, 1.807) is 12.1 Å². The van der Waals surface area contributed by atoms with Gasteiger partial charge in [0, 0.05) is 19.0 Å². The minimum Gasteiger partial charge on any atom is -0.315 e. The highest BCUT2D eigenvalue weighted by atomic mass is 19.1. The van der Waals surface area contributed by atoms with Gasteiger partial charge in [-0.05, 0) is 30.2 Å². The van der Waals surface area contributed by atoms with Gasteiger partial charge in [0.15, 0.2) is 0 Å². The van der Waals surface area contributed by atoms with E-state index in [0.717, 1.165) is 18.7 Å². The second kappa shape index (κ2) is 2.87. The van der Waals surface area contributed by atoms with Crippen molar-refractivity contribution in [1.29, 1.82) is 0 Å². The van der Waals surface area contributed by atoms with E-state index in [1.807, 2.05) is 13.0 Å². The minimum atomic E-state index is -0.136. The van der Waals surface area contributed by atoms with Crippen LogP contribution in [-0.4, -0.2) is 13.1 Å². The summed E-state index contributed by atoms with van der Waals surface area (Å²) in [5.41, 5.74) is 2.36. The molecule has 0 amide bonds. The Bertz CT molecular complexity index is 292. The first kappa shape index (κ1) is 7.74. The normalized spacial score (nSPS) is 17.5. The zero-order chi connectivity index (χ0) is 8.55. The van der Waals surface area contributed by atoms with E-state index in [1.165, 1.54) is 5.56 Å². The van der Waals surface area contributed by atoms with Crippen LogP contribution in [0.2, 0.25) is 0 Å². The molecule has 12 heavy (non-hydrogen) atoms. The van der Waals surface area contributed by atoms with E-state index < -0.39 is 0 Å². The highest BCUT2D eigenvalue weighted by Crippen LogP contribution is 2.23. The van der Waals surface area contributed by atoms with E-state index in [9.17, 15) is 4.39 Å². The van der Waals surface area contributed by atoms with Crippen molar-refractivity contribution in [2.24, 2.45) is 0 Å². The molecule has 1 aromatic rings. The first-order valence-corrected chi connectivity index (χ1v) is 4.24. The van der Waals surface area contributed by atoms with Crippen molar-refractivity contribution in [2.45, 2.75) is 12.8 Å². The molecule has 1 aromatic carbocycles. The number of aryl methyl sites for hydroxylation is 1. The van der Waals surface area contributed by atoms with Crippen molar-refractivity contribution in [1.82, 2.24) is 5.32 Å². The van der Waals surface area contributed by atoms with E-state index in [4.69, 9.17) is 0 Å². The third-order valence-corrected chi connectivity index (χ3v) is 2.45. The fraction of sp³-hybridized carbons (Fsp3) is 0.400. The average molecular weight is 165 g/mol. The van der Waals surface area contributed by atoms with Gasteiger partial charge in [0.25, 0.3) is 0 Å². The van der Waals surface area contributed by atoms with Crippen LogP contribution in [0, 0.1) is 12.7 Å². The fourth-order valence-electron chi connectivity index (χ4n) is 1.61. The quantitative estimate of drug-likeness (QED) is 0.669. The molecule has 1 heterocycles. The lowest BCUT2D eigenvalue weighted by atomic mass is 9.90. The van der Waals surface area contributed by atoms with Gasteiger partial charge in [-0.25, -0.2) is 4.39 Å². The molecule has 0 aromatic heterocycles. The van der Waals surface area contributed by atoms with Crippen LogP contribution in [0.5, 0.6) is 0 Å². The smallest absolute Gasteiger partial charge is 0.123 e. The van der Waals surface area contributed by atoms with Gasteiger partial charge >= 0.3 is 0 Å². The molecule has 0 unspecified atom stereocenters. The van der Waals surface area contributed by atoms with Gasteiger partial charge in [0.05, 0.1) is 0 Å². The Morgan fingerprint density at radius 1 is 1.42 bits per heavy atom. The summed E-state index contributed by atoms with van der Waals surface area (Å²) in [6.45, 7) is 4.04. The molecule has 1 aliphatic heterocycles. The summed E-state index contributed by atoms with van der Waals surface area (Å²) < 4.78 is 12.7. The molecule has 1 N–H and O–H groups in total. The first-order valence-electron chi connectivity index (χ1n) is 4.24. The summed E-state index contributed by atoms with van der Waals surface area (Å²) in [5, 5.41) is 3.21. The monoisotopic (exact) mass is 165 g/mol. The van der Waals surface area contributed by atoms with Crippen LogP contribution in [0.15, 0.2) is 18.2 Å². The molecule has 0 atom stereocenters. The molecule has 1 nitrogen and oxygen atoms in total. The summed E-state index contributed by atoms with van der Waals surface area (Å²) in [7, 11) is 0. The van der Waals surface area contributed by atoms with Crippen LogP contribution in [0.25, 0.3) is 0 Å². The van der Waals surface area contributed by atoms with Gasteiger partial charge in [0.2, 0.25) is 0 Å². The predicted octanol–water partition coefficient (Wildman–Crippen LogP) is 1.82. The molecular weight excluding hydrogens is 153 g/mol. The van der Waals surface area contributed by atoms with E-state index in [-0.39, 0.29) is 5.82 Å². The molecule has 0 aliphatic carbocycles. The summed E-state index contributed by atoms with van der Waals surface area (Å²) in [4.78, 5) is 0. The molecule has 2 rings (SSSR count). The Hall–Kier alpha value is -0.890. The number of benzene rings is 1. The Morgan fingerprint density at radius 2 is 2.17 bits per heavy atom. The fourth-order valence-corrected chi connectivity index (χ4v) is 1.61. The molecule has 64 valence electrons. The number of rotatable bonds is 1. The van der Waals surface area contributed by atoms with Crippen molar-refractivity contribution >= 4 is 0 Å². The Labute approximate surface area is 71.6 Å². The van der Waals surface area contributed by atoms with Crippen LogP contribution in [0.3, 0.4) is 0 Å². The lowest BCUT2D eigenvalue weighted by Gasteiger charge is -2.28. The number of hydrogen-bond donors (Lipinski definition) is 1. The van der Waals surface area contributed by atoms with Crippen LogP contribution in [0.4, 0.5) is 4.39 Å². The van der Waals surface area contributed by atoms with Gasteiger partial charge in [-0.2, -0.15) is 0 Å². The molecular formula is C10H12FN. The summed E-state index contributed by atoms with van der Waals surface area (Å²) >= 11 is 0. The standard InChI is InChI=1S/C10H12FN/c1-7-4-9(11)2-3-10(7)8-5-12-6-8/h2-4,8,12H,5-6H2,1H3. The largest absolute Gasteiger partial charge is 0.315 e. The number of halogens is 1. The van der Waals surface area contributed by atoms with E-state index >= 15 is 0 Å². The Kier molecular flexibility index (Phi) is 1.85. The molecule has 0 saturated carbocycles. The van der Waals surface area contributed by atoms with Gasteiger partial charge in [-0.1, -0.05) is 6.07 Å². The molecule has 1 aliphatic rings. The lowest BCUT2D eigenvalue weighted by Crippen LogP contribution is -2.40. The molecule has 2 heteroatoms. The highest BCUT2D eigenvalue weighted by Gasteiger charge is 2.20. The molecule has 0 spiro atoms. The number of hydrogen-bond acceptors (Lipinski definition) is 1. The zero-order valence-corrected chi connectivity index (χ0v) is 7.10. The van der Waals surface area contributed by atoms with Crippen molar-refractivity contribution < 1.29 is 4.39 Å². The van der Waals surface area contributed by atoms with Gasteiger partial charge in [0.1, 0.15) is 5.82 Å². The Balaban J connectivity index is 2.31. The van der Waals surface area contributed by atoms with Gasteiger partial charge in [-0.15, -0.1) is 0 Å². The van der Waals surface area contributed by atoms with E-state index in [2.05, 4.69) is 5.32 Å². The maximum atomic E-state index is 12.7. The van der Waals surface area contributed by atoms with Crippen LogP contribution in [0.1, 0.15) is 17.0 Å². The van der Waals surface area contributed by atoms with Crippen molar-refractivity contribution in [3.63, 3.8) is 0 Å². The third kappa shape index (κ3) is 1.23. The predicted molar refractivity (Wildman–Crippen MR) is 46.7 cm³/mol. The maximum absolute atomic E-state index is 12.7. The van der Waals surface area contributed by atoms with Crippen LogP contribution >= 0.6 is 0 Å². The second-order valence-corrected chi connectivity index (χ2v) is 3.36. The van der Waals surface area contributed by atoms with Gasteiger partial charge < -0.3 is 5.32 Å². The molecule has 1 saturated heterocycles. The maximum Gasteiger partial charge on any atom is 0.123 e. The number of nitrogens with one attached hydrogen (secondary N) is 1. The van der Waals surface area contributed by atoms with Crippen molar-refractivity contribution in [2.75, 3.05) is 13.1 Å². The average Bonchev–Trinajstić information content (AvgIpc) is 1.91. The molecule has 0 radical (unpaired) electrons. The zero-order valence-electron chi connectivity index (χ0n) is 7.10. The molecule has 0 bridgehead atoms. The first-order chi connectivity index (χ1) is 5.77. The molecule has 1 fully saturated rings. The van der Waals surface area contributed by atoms with Gasteiger partial charge in [-0.3, -0.25) is 0 Å². The van der Waals surface area contributed by atoms with Crippen molar-refractivity contribution in [3.05, 3.63) is 35.1 Å². The van der Waals surface area contributed by atoms with Crippen molar-refractivity contribution in [3.8, 4) is 0 Å². The minimum absolute atomic E-state index is 0.136.